The van der Waals surface area contributed by atoms with Crippen LogP contribution in [0.5, 0.6) is 0 Å². The van der Waals surface area contributed by atoms with E-state index in [1.165, 1.54) is 18.2 Å². The highest BCUT2D eigenvalue weighted by molar-refractivity contribution is 6.31. The van der Waals surface area contributed by atoms with Gasteiger partial charge in [-0.25, -0.2) is 4.39 Å². The van der Waals surface area contributed by atoms with E-state index >= 15 is 0 Å². The quantitative estimate of drug-likeness (QED) is 0.481. The molecule has 0 atom stereocenters. The molecule has 0 radical (unpaired) electrons. The van der Waals surface area contributed by atoms with Crippen LogP contribution in [0.15, 0.2) is 18.2 Å². The van der Waals surface area contributed by atoms with Gasteiger partial charge >= 0.3 is 5.97 Å². The van der Waals surface area contributed by atoms with Crippen LogP contribution >= 0.6 is 11.6 Å². The lowest BCUT2D eigenvalue weighted by Crippen LogP contribution is -2.25. The van der Waals surface area contributed by atoms with Gasteiger partial charge in [0.25, 0.3) is 0 Å². The van der Waals surface area contributed by atoms with Crippen molar-refractivity contribution in [2.45, 2.75) is 32.8 Å². The van der Waals surface area contributed by atoms with Gasteiger partial charge in [0.2, 0.25) is 0 Å². The van der Waals surface area contributed by atoms with Gasteiger partial charge < -0.3 is 4.74 Å². The Kier molecular flexibility index (Phi) is 4.46. The Morgan fingerprint density at radius 2 is 1.94 bits per heavy atom. The van der Waals surface area contributed by atoms with Crippen molar-refractivity contribution in [2.24, 2.45) is 0 Å². The number of benzene rings is 1. The molecule has 0 bridgehead atoms. The molecular weight excluding hydrogens is 259 g/mol. The predicted octanol–water partition coefficient (Wildman–Crippen LogP) is 3.39. The van der Waals surface area contributed by atoms with E-state index in [4.69, 9.17) is 16.3 Å². The summed E-state index contributed by atoms with van der Waals surface area (Å²) < 4.78 is 18.5. The average molecular weight is 273 g/mol. The van der Waals surface area contributed by atoms with Crippen molar-refractivity contribution in [1.29, 1.82) is 0 Å². The van der Waals surface area contributed by atoms with E-state index in [0.717, 1.165) is 0 Å². The highest BCUT2D eigenvalue weighted by Crippen LogP contribution is 2.19. The first-order valence-corrected chi connectivity index (χ1v) is 5.77. The van der Waals surface area contributed by atoms with Gasteiger partial charge in [-0.1, -0.05) is 17.7 Å². The molecule has 3 nitrogen and oxygen atoms in total. The maximum atomic E-state index is 13.5. The summed E-state index contributed by atoms with van der Waals surface area (Å²) in [5.74, 6) is -2.15. The zero-order valence-corrected chi connectivity index (χ0v) is 11.2. The van der Waals surface area contributed by atoms with Crippen LogP contribution < -0.4 is 0 Å². The molecule has 0 saturated carbocycles. The van der Waals surface area contributed by atoms with Crippen LogP contribution in [0.1, 0.15) is 37.6 Å². The molecule has 0 aliphatic carbocycles. The van der Waals surface area contributed by atoms with Gasteiger partial charge in [0, 0.05) is 0 Å². The van der Waals surface area contributed by atoms with Crippen molar-refractivity contribution in [3.05, 3.63) is 34.6 Å². The average Bonchev–Trinajstić information content (AvgIpc) is 2.18. The number of carbonyl (C=O) groups excluding carboxylic acids is 2. The topological polar surface area (TPSA) is 43.4 Å². The molecule has 1 rings (SSSR count). The molecule has 0 aromatic heterocycles. The molecule has 0 spiro atoms. The van der Waals surface area contributed by atoms with Gasteiger partial charge in [-0.05, 0) is 32.9 Å². The maximum Gasteiger partial charge on any atom is 0.314 e. The summed E-state index contributed by atoms with van der Waals surface area (Å²) in [6, 6.07) is 4.07. The first kappa shape index (κ1) is 14.6. The van der Waals surface area contributed by atoms with Crippen LogP contribution in [-0.2, 0) is 9.53 Å². The largest absolute Gasteiger partial charge is 0.460 e. The van der Waals surface area contributed by atoms with E-state index in [9.17, 15) is 14.0 Å². The number of rotatable bonds is 3. The second-order valence-electron chi connectivity index (χ2n) is 4.79. The van der Waals surface area contributed by atoms with Crippen molar-refractivity contribution in [3.8, 4) is 0 Å². The molecular formula is C13H14ClFO3. The highest BCUT2D eigenvalue weighted by Gasteiger charge is 2.21. The van der Waals surface area contributed by atoms with E-state index in [1.807, 2.05) is 0 Å². The van der Waals surface area contributed by atoms with Gasteiger partial charge in [-0.2, -0.15) is 0 Å². The third-order valence-corrected chi connectivity index (χ3v) is 2.27. The first-order chi connectivity index (χ1) is 8.20. The fraction of sp³-hybridized carbons (Fsp3) is 0.385. The number of hydrogen-bond donors (Lipinski definition) is 0. The van der Waals surface area contributed by atoms with Crippen molar-refractivity contribution < 1.29 is 18.7 Å². The van der Waals surface area contributed by atoms with Crippen molar-refractivity contribution in [1.82, 2.24) is 0 Å². The SMILES string of the molecule is CC(C)(C)OC(=O)CC(=O)c1cccc(Cl)c1F. The first-order valence-electron chi connectivity index (χ1n) is 5.40. The zero-order chi connectivity index (χ0) is 13.9. The van der Waals surface area contributed by atoms with Crippen LogP contribution in [0, 0.1) is 5.82 Å². The summed E-state index contributed by atoms with van der Waals surface area (Å²) in [5, 5.41) is -0.148. The lowest BCUT2D eigenvalue weighted by molar-refractivity contribution is -0.153. The smallest absolute Gasteiger partial charge is 0.314 e. The lowest BCUT2D eigenvalue weighted by Gasteiger charge is -2.19. The normalized spacial score (nSPS) is 11.2. The molecule has 1 aromatic carbocycles. The van der Waals surface area contributed by atoms with Gasteiger partial charge in [0.05, 0.1) is 10.6 Å². The Morgan fingerprint density at radius 1 is 1.33 bits per heavy atom. The summed E-state index contributed by atoms with van der Waals surface area (Å²) in [6.07, 6.45) is -0.505. The van der Waals surface area contributed by atoms with Crippen molar-refractivity contribution >= 4 is 23.4 Å². The number of esters is 1. The molecule has 0 saturated heterocycles. The van der Waals surface area contributed by atoms with E-state index in [-0.39, 0.29) is 10.6 Å². The predicted molar refractivity (Wildman–Crippen MR) is 66.2 cm³/mol. The van der Waals surface area contributed by atoms with Gasteiger partial charge in [0.15, 0.2) is 11.6 Å². The molecule has 0 heterocycles. The number of Topliss-reactive ketones (excluding diaryl/α,β-unsaturated/α-hetero) is 1. The molecule has 5 heteroatoms. The van der Waals surface area contributed by atoms with Crippen molar-refractivity contribution in [3.63, 3.8) is 0 Å². The molecule has 18 heavy (non-hydrogen) atoms. The third-order valence-electron chi connectivity index (χ3n) is 1.98. The van der Waals surface area contributed by atoms with Gasteiger partial charge in [-0.3, -0.25) is 9.59 Å². The fourth-order valence-electron chi connectivity index (χ4n) is 1.32. The summed E-state index contributed by atoms with van der Waals surface area (Å²) in [6.45, 7) is 5.07. The van der Waals surface area contributed by atoms with E-state index in [1.54, 1.807) is 20.8 Å². The second-order valence-corrected chi connectivity index (χ2v) is 5.19. The summed E-state index contributed by atoms with van der Waals surface area (Å²) >= 11 is 5.56. The number of halogens is 2. The van der Waals surface area contributed by atoms with Crippen LogP contribution in [0.3, 0.4) is 0 Å². The molecule has 0 fully saturated rings. The monoisotopic (exact) mass is 272 g/mol. The Balaban J connectivity index is 2.78. The summed E-state index contributed by atoms with van der Waals surface area (Å²) in [5.41, 5.74) is -0.877. The lowest BCUT2D eigenvalue weighted by atomic mass is 10.1. The number of ketones is 1. The van der Waals surface area contributed by atoms with E-state index in [2.05, 4.69) is 0 Å². The molecule has 1 aromatic rings. The summed E-state index contributed by atoms with van der Waals surface area (Å²) in [4.78, 5) is 23.2. The van der Waals surface area contributed by atoms with Crippen molar-refractivity contribution in [2.75, 3.05) is 0 Å². The Labute approximate surface area is 110 Å². The van der Waals surface area contributed by atoms with Crippen LogP contribution in [-0.4, -0.2) is 17.4 Å². The minimum Gasteiger partial charge on any atom is -0.460 e. The van der Waals surface area contributed by atoms with Gasteiger partial charge in [-0.15, -0.1) is 0 Å². The Hall–Kier alpha value is -1.42. The second kappa shape index (κ2) is 5.48. The van der Waals surface area contributed by atoms with Crippen LogP contribution in [0.2, 0.25) is 5.02 Å². The number of carbonyl (C=O) groups is 2. The highest BCUT2D eigenvalue weighted by atomic mass is 35.5. The number of ether oxygens (including phenoxy) is 1. The van der Waals surface area contributed by atoms with Gasteiger partial charge in [0.1, 0.15) is 12.0 Å². The summed E-state index contributed by atoms with van der Waals surface area (Å²) in [7, 11) is 0. The molecule has 98 valence electrons. The third kappa shape index (κ3) is 4.11. The van der Waals surface area contributed by atoms with E-state index in [0.29, 0.717) is 0 Å². The van der Waals surface area contributed by atoms with E-state index < -0.39 is 29.6 Å². The Morgan fingerprint density at radius 3 is 2.50 bits per heavy atom. The molecule has 0 unspecified atom stereocenters. The standard InChI is InChI=1S/C13H14ClFO3/c1-13(2,3)18-11(17)7-10(16)8-5-4-6-9(14)12(8)15/h4-6H,7H2,1-3H3. The molecule has 0 amide bonds. The molecule has 0 N–H and O–H groups in total. The van der Waals surface area contributed by atoms with Crippen LogP contribution in [0.4, 0.5) is 4.39 Å². The Bertz CT molecular complexity index is 478. The minimum absolute atomic E-state index is 0.148. The minimum atomic E-state index is -0.812. The molecule has 0 aliphatic heterocycles. The molecule has 0 aliphatic rings. The number of hydrogen-bond acceptors (Lipinski definition) is 3. The fourth-order valence-corrected chi connectivity index (χ4v) is 1.50. The van der Waals surface area contributed by atoms with Crippen LogP contribution in [0.25, 0.3) is 0 Å². The zero-order valence-electron chi connectivity index (χ0n) is 10.4. The maximum absolute atomic E-state index is 13.5.